The Morgan fingerprint density at radius 1 is 1.00 bits per heavy atom. The Balaban J connectivity index is 1.82. The maximum atomic E-state index is 12.9. The fourth-order valence-electron chi connectivity index (χ4n) is 3.25. The zero-order valence-corrected chi connectivity index (χ0v) is 16.6. The van der Waals surface area contributed by atoms with Gasteiger partial charge in [0.15, 0.2) is 0 Å². The monoisotopic (exact) mass is 401 g/mol. The maximum absolute atomic E-state index is 12.9. The number of carbonyl (C=O) groups excluding carboxylic acids is 2. The van der Waals surface area contributed by atoms with E-state index in [4.69, 9.17) is 0 Å². The van der Waals surface area contributed by atoms with Crippen LogP contribution in [0.15, 0.2) is 48.5 Å². The van der Waals surface area contributed by atoms with Gasteiger partial charge in [-0.2, -0.15) is 4.31 Å². The summed E-state index contributed by atoms with van der Waals surface area (Å²) in [7, 11) is -3.55. The van der Waals surface area contributed by atoms with Crippen LogP contribution in [0.4, 0.5) is 11.4 Å². The lowest BCUT2D eigenvalue weighted by atomic mass is 9.95. The van der Waals surface area contributed by atoms with E-state index in [0.29, 0.717) is 17.8 Å². The van der Waals surface area contributed by atoms with Gasteiger partial charge < -0.3 is 10.6 Å². The second-order valence-electron chi connectivity index (χ2n) is 6.68. The molecule has 1 aliphatic heterocycles. The number of carbonyl (C=O) groups is 2. The minimum Gasteiger partial charge on any atom is -0.326 e. The van der Waals surface area contributed by atoms with Crippen molar-refractivity contribution < 1.29 is 18.0 Å². The van der Waals surface area contributed by atoms with Crippen LogP contribution in [0.3, 0.4) is 0 Å². The largest absolute Gasteiger partial charge is 0.326 e. The molecule has 2 amide bonds. The number of sulfonamides is 1. The van der Waals surface area contributed by atoms with Crippen LogP contribution in [0.1, 0.15) is 25.0 Å². The van der Waals surface area contributed by atoms with Crippen molar-refractivity contribution in [1.82, 2.24) is 4.31 Å². The number of benzene rings is 2. The molecule has 1 aliphatic rings. The number of nitrogens with one attached hydrogen (secondary N) is 2. The third kappa shape index (κ3) is 4.40. The maximum Gasteiger partial charge on any atom is 0.243 e. The van der Waals surface area contributed by atoms with E-state index < -0.39 is 16.1 Å². The summed E-state index contributed by atoms with van der Waals surface area (Å²) < 4.78 is 26.5. The van der Waals surface area contributed by atoms with Gasteiger partial charge in [0.05, 0.1) is 5.75 Å². The summed E-state index contributed by atoms with van der Waals surface area (Å²) in [6.07, 6.45) is 0.325. The second-order valence-corrected chi connectivity index (χ2v) is 8.89. The lowest BCUT2D eigenvalue weighted by molar-refractivity contribution is -0.120. The summed E-state index contributed by atoms with van der Waals surface area (Å²) in [5.74, 6) is -0.624. The van der Waals surface area contributed by atoms with Crippen molar-refractivity contribution in [2.75, 3.05) is 16.4 Å². The Hall–Kier alpha value is -2.71. The molecule has 3 rings (SSSR count). The van der Waals surface area contributed by atoms with Crippen LogP contribution in [-0.2, 0) is 32.6 Å². The fraction of sp³-hybridized carbons (Fsp3) is 0.300. The molecule has 7 nitrogen and oxygen atoms in total. The third-order valence-electron chi connectivity index (χ3n) is 4.70. The Labute approximate surface area is 164 Å². The average molecular weight is 401 g/mol. The number of hydrogen-bond acceptors (Lipinski definition) is 4. The molecule has 1 heterocycles. The number of anilines is 2. The minimum atomic E-state index is -3.55. The molecule has 0 aromatic heterocycles. The van der Waals surface area contributed by atoms with Crippen LogP contribution < -0.4 is 10.6 Å². The van der Waals surface area contributed by atoms with E-state index in [1.54, 1.807) is 31.2 Å². The molecule has 0 aliphatic carbocycles. The van der Waals surface area contributed by atoms with E-state index in [9.17, 15) is 18.0 Å². The molecule has 1 atom stereocenters. The summed E-state index contributed by atoms with van der Waals surface area (Å²) in [5, 5.41) is 5.45. The lowest BCUT2D eigenvalue weighted by Gasteiger charge is -2.34. The Morgan fingerprint density at radius 2 is 1.57 bits per heavy atom. The standard InChI is InChI=1S/C20H23N3O4S/c1-3-28(26,27)23-13-16-7-5-4-6-15(16)12-19(23)20(25)22-18-10-8-17(9-11-18)21-14(2)24/h4-11,19H,3,12-13H2,1-2H3,(H,21,24)(H,22,25)/t19-/m0/s1. The van der Waals surface area contributed by atoms with E-state index in [1.807, 2.05) is 24.3 Å². The van der Waals surface area contributed by atoms with Gasteiger partial charge in [-0.3, -0.25) is 9.59 Å². The second kappa shape index (κ2) is 8.12. The van der Waals surface area contributed by atoms with Crippen LogP contribution in [0.25, 0.3) is 0 Å². The summed E-state index contributed by atoms with van der Waals surface area (Å²) >= 11 is 0. The normalized spacial score (nSPS) is 16.9. The zero-order valence-electron chi connectivity index (χ0n) is 15.8. The highest BCUT2D eigenvalue weighted by atomic mass is 32.2. The third-order valence-corrected chi connectivity index (χ3v) is 6.53. The van der Waals surface area contributed by atoms with Gasteiger partial charge in [0.1, 0.15) is 6.04 Å². The van der Waals surface area contributed by atoms with Crippen LogP contribution in [0.2, 0.25) is 0 Å². The van der Waals surface area contributed by atoms with E-state index >= 15 is 0 Å². The van der Waals surface area contributed by atoms with Crippen molar-refractivity contribution in [3.8, 4) is 0 Å². The molecule has 0 saturated carbocycles. The molecular formula is C20H23N3O4S. The van der Waals surface area contributed by atoms with Crippen molar-refractivity contribution in [2.24, 2.45) is 0 Å². The predicted octanol–water partition coefficient (Wildman–Crippen LogP) is 2.36. The molecule has 0 bridgehead atoms. The molecule has 0 saturated heterocycles. The van der Waals surface area contributed by atoms with E-state index in [-0.39, 0.29) is 24.1 Å². The van der Waals surface area contributed by atoms with Crippen molar-refractivity contribution in [3.05, 3.63) is 59.7 Å². The van der Waals surface area contributed by atoms with E-state index in [0.717, 1.165) is 11.1 Å². The summed E-state index contributed by atoms with van der Waals surface area (Å²) in [6.45, 7) is 3.18. The van der Waals surface area contributed by atoms with E-state index in [1.165, 1.54) is 11.2 Å². The highest BCUT2D eigenvalue weighted by Gasteiger charge is 2.37. The van der Waals surface area contributed by atoms with Crippen LogP contribution in [-0.4, -0.2) is 36.3 Å². The van der Waals surface area contributed by atoms with E-state index in [2.05, 4.69) is 10.6 Å². The van der Waals surface area contributed by atoms with Crippen molar-refractivity contribution in [2.45, 2.75) is 32.9 Å². The fourth-order valence-corrected chi connectivity index (χ4v) is 4.47. The van der Waals surface area contributed by atoms with Crippen LogP contribution in [0, 0.1) is 0 Å². The number of fused-ring (bicyclic) bond motifs is 1. The van der Waals surface area contributed by atoms with Gasteiger partial charge in [-0.15, -0.1) is 0 Å². The van der Waals surface area contributed by atoms with Crippen molar-refractivity contribution in [1.29, 1.82) is 0 Å². The number of rotatable bonds is 5. The zero-order chi connectivity index (χ0) is 20.3. The van der Waals surface area contributed by atoms with Gasteiger partial charge in [-0.1, -0.05) is 24.3 Å². The lowest BCUT2D eigenvalue weighted by Crippen LogP contribution is -2.51. The summed E-state index contributed by atoms with van der Waals surface area (Å²) in [5.41, 5.74) is 3.05. The molecule has 2 aromatic carbocycles. The molecule has 0 radical (unpaired) electrons. The van der Waals surface area contributed by atoms with Gasteiger partial charge in [-0.05, 0) is 48.7 Å². The SMILES string of the molecule is CCS(=O)(=O)N1Cc2ccccc2C[C@H]1C(=O)Nc1ccc(NC(C)=O)cc1. The molecule has 28 heavy (non-hydrogen) atoms. The molecule has 8 heteroatoms. The molecule has 2 N–H and O–H groups in total. The molecule has 2 aromatic rings. The molecule has 0 unspecified atom stereocenters. The Kier molecular flexibility index (Phi) is 5.81. The van der Waals surface area contributed by atoms with Gasteiger partial charge in [0.2, 0.25) is 21.8 Å². The van der Waals surface area contributed by atoms with Gasteiger partial charge >= 0.3 is 0 Å². The van der Waals surface area contributed by atoms with Crippen molar-refractivity contribution in [3.63, 3.8) is 0 Å². The predicted molar refractivity (Wildman–Crippen MR) is 108 cm³/mol. The minimum absolute atomic E-state index is 0.0651. The summed E-state index contributed by atoms with van der Waals surface area (Å²) in [4.78, 5) is 24.0. The Morgan fingerprint density at radius 3 is 2.14 bits per heavy atom. The van der Waals surface area contributed by atoms with Crippen molar-refractivity contribution >= 4 is 33.2 Å². The van der Waals surface area contributed by atoms with Gasteiger partial charge in [-0.25, -0.2) is 8.42 Å². The topological polar surface area (TPSA) is 95.6 Å². The first kappa shape index (κ1) is 20.0. The van der Waals surface area contributed by atoms with Crippen LogP contribution >= 0.6 is 0 Å². The first-order chi connectivity index (χ1) is 13.3. The number of hydrogen-bond donors (Lipinski definition) is 2. The van der Waals surface area contributed by atoms with Crippen LogP contribution in [0.5, 0.6) is 0 Å². The van der Waals surface area contributed by atoms with Gasteiger partial charge in [0, 0.05) is 24.8 Å². The number of amides is 2. The molecular weight excluding hydrogens is 378 g/mol. The first-order valence-corrected chi connectivity index (χ1v) is 10.7. The summed E-state index contributed by atoms with van der Waals surface area (Å²) in [6, 6.07) is 13.4. The first-order valence-electron chi connectivity index (χ1n) is 9.05. The number of nitrogens with zero attached hydrogens (tertiary/aromatic N) is 1. The molecule has 0 spiro atoms. The van der Waals surface area contributed by atoms with Gasteiger partial charge in [0.25, 0.3) is 0 Å². The highest BCUT2D eigenvalue weighted by Crippen LogP contribution is 2.27. The highest BCUT2D eigenvalue weighted by molar-refractivity contribution is 7.89. The Bertz CT molecular complexity index is 987. The smallest absolute Gasteiger partial charge is 0.243 e. The molecule has 0 fully saturated rings. The quantitative estimate of drug-likeness (QED) is 0.804. The average Bonchev–Trinajstić information content (AvgIpc) is 2.68. The molecule has 148 valence electrons.